The van der Waals surface area contributed by atoms with Crippen LogP contribution < -0.4 is 5.73 Å². The minimum Gasteiger partial charge on any atom is -0.337 e. The lowest BCUT2D eigenvalue weighted by atomic mass is 10.2. The third-order valence-electron chi connectivity index (χ3n) is 2.82. The van der Waals surface area contributed by atoms with Crippen molar-refractivity contribution in [3.63, 3.8) is 0 Å². The van der Waals surface area contributed by atoms with E-state index in [0.717, 1.165) is 11.3 Å². The lowest BCUT2D eigenvalue weighted by Crippen LogP contribution is -2.05. The Balaban J connectivity index is 1.77. The fourth-order valence-corrected chi connectivity index (χ4v) is 1.76. The van der Waals surface area contributed by atoms with Crippen molar-refractivity contribution in [2.75, 3.05) is 0 Å². The second-order valence-electron chi connectivity index (χ2n) is 4.51. The van der Waals surface area contributed by atoms with Crippen LogP contribution in [0.4, 0.5) is 0 Å². The van der Waals surface area contributed by atoms with Crippen molar-refractivity contribution in [1.82, 2.24) is 25.1 Å². The van der Waals surface area contributed by atoms with Crippen LogP contribution in [0.1, 0.15) is 24.6 Å². The highest BCUT2D eigenvalue weighted by atomic mass is 16.5. The predicted octanol–water partition coefficient (Wildman–Crippen LogP) is 1.40. The van der Waals surface area contributed by atoms with Gasteiger partial charge in [0.1, 0.15) is 6.54 Å². The van der Waals surface area contributed by atoms with Gasteiger partial charge in [0.2, 0.25) is 11.7 Å². The van der Waals surface area contributed by atoms with Crippen molar-refractivity contribution in [2.24, 2.45) is 5.73 Å². The Kier molecular flexibility index (Phi) is 3.26. The van der Waals surface area contributed by atoms with Crippen LogP contribution in [0.2, 0.25) is 0 Å². The Morgan fingerprint density at radius 3 is 2.80 bits per heavy atom. The molecule has 1 atom stereocenters. The number of nitrogens with two attached hydrogens (primary N) is 1. The predicted molar refractivity (Wildman–Crippen MR) is 71.5 cm³/mol. The van der Waals surface area contributed by atoms with E-state index in [1.165, 1.54) is 0 Å². The fraction of sp³-hybridized carbons (Fsp3) is 0.231. The van der Waals surface area contributed by atoms with Crippen molar-refractivity contribution < 1.29 is 4.52 Å². The first-order valence-corrected chi connectivity index (χ1v) is 6.26. The molecule has 0 saturated carbocycles. The number of hydrogen-bond donors (Lipinski definition) is 1. The molecule has 102 valence electrons. The van der Waals surface area contributed by atoms with Gasteiger partial charge in [-0.05, 0) is 6.92 Å². The average Bonchev–Trinajstić information content (AvgIpc) is 3.10. The summed E-state index contributed by atoms with van der Waals surface area (Å²) < 4.78 is 6.84. The zero-order valence-electron chi connectivity index (χ0n) is 11.0. The summed E-state index contributed by atoms with van der Waals surface area (Å²) in [6, 6.07) is 9.51. The standard InChI is InChI=1S/C13H14N6O/c1-9(14)11-7-19(18-16-11)8-12-15-13(17-20-12)10-5-3-2-4-6-10/h2-7,9H,8,14H2,1H3. The second-order valence-corrected chi connectivity index (χ2v) is 4.51. The Bertz CT molecular complexity index is 688. The molecule has 0 amide bonds. The molecule has 0 bridgehead atoms. The Morgan fingerprint density at radius 1 is 1.30 bits per heavy atom. The molecule has 0 saturated heterocycles. The molecule has 0 radical (unpaired) electrons. The van der Waals surface area contributed by atoms with Crippen molar-refractivity contribution in [1.29, 1.82) is 0 Å². The Labute approximate surface area is 115 Å². The van der Waals surface area contributed by atoms with E-state index in [0.29, 0.717) is 18.3 Å². The van der Waals surface area contributed by atoms with Crippen molar-refractivity contribution in [3.8, 4) is 11.4 Å². The molecule has 20 heavy (non-hydrogen) atoms. The van der Waals surface area contributed by atoms with E-state index >= 15 is 0 Å². The van der Waals surface area contributed by atoms with Gasteiger partial charge >= 0.3 is 0 Å². The van der Waals surface area contributed by atoms with E-state index < -0.39 is 0 Å². The molecule has 0 fully saturated rings. The van der Waals surface area contributed by atoms with Crippen molar-refractivity contribution in [3.05, 3.63) is 48.1 Å². The number of hydrogen-bond acceptors (Lipinski definition) is 6. The molecule has 2 N–H and O–H groups in total. The highest BCUT2D eigenvalue weighted by molar-refractivity contribution is 5.53. The van der Waals surface area contributed by atoms with Gasteiger partial charge in [-0.25, -0.2) is 4.68 Å². The number of aromatic nitrogens is 5. The van der Waals surface area contributed by atoms with Crippen LogP contribution in [0.15, 0.2) is 41.1 Å². The molecule has 1 aromatic carbocycles. The quantitative estimate of drug-likeness (QED) is 0.769. The topological polar surface area (TPSA) is 95.7 Å². The summed E-state index contributed by atoms with van der Waals surface area (Å²) in [5.41, 5.74) is 7.38. The van der Waals surface area contributed by atoms with Crippen LogP contribution in [0.3, 0.4) is 0 Å². The van der Waals surface area contributed by atoms with Gasteiger partial charge in [0.15, 0.2) is 0 Å². The normalized spacial score (nSPS) is 12.5. The molecular formula is C13H14N6O. The minimum absolute atomic E-state index is 0.147. The summed E-state index contributed by atoms with van der Waals surface area (Å²) in [6.07, 6.45) is 1.77. The van der Waals surface area contributed by atoms with E-state index in [9.17, 15) is 0 Å². The smallest absolute Gasteiger partial charge is 0.248 e. The summed E-state index contributed by atoms with van der Waals surface area (Å²) >= 11 is 0. The highest BCUT2D eigenvalue weighted by Gasteiger charge is 2.11. The lowest BCUT2D eigenvalue weighted by Gasteiger charge is -1.96. The van der Waals surface area contributed by atoms with E-state index in [1.807, 2.05) is 37.3 Å². The summed E-state index contributed by atoms with van der Waals surface area (Å²) in [6.45, 7) is 2.23. The second kappa shape index (κ2) is 5.22. The third kappa shape index (κ3) is 2.57. The molecule has 2 heterocycles. The molecule has 7 heteroatoms. The SMILES string of the molecule is CC(N)c1cn(Cc2nc(-c3ccccc3)no2)nn1. The summed E-state index contributed by atoms with van der Waals surface area (Å²) in [4.78, 5) is 4.33. The zero-order valence-corrected chi connectivity index (χ0v) is 11.0. The number of rotatable bonds is 4. The van der Waals surface area contributed by atoms with Crippen LogP contribution >= 0.6 is 0 Å². The van der Waals surface area contributed by atoms with E-state index in [4.69, 9.17) is 10.3 Å². The van der Waals surface area contributed by atoms with Gasteiger partial charge in [0, 0.05) is 11.6 Å². The van der Waals surface area contributed by atoms with Crippen LogP contribution in [-0.2, 0) is 6.54 Å². The van der Waals surface area contributed by atoms with Gasteiger partial charge in [0.25, 0.3) is 0 Å². The van der Waals surface area contributed by atoms with Crippen LogP contribution in [-0.4, -0.2) is 25.1 Å². The van der Waals surface area contributed by atoms with Crippen molar-refractivity contribution >= 4 is 0 Å². The van der Waals surface area contributed by atoms with E-state index in [-0.39, 0.29) is 6.04 Å². The van der Waals surface area contributed by atoms with Crippen LogP contribution in [0, 0.1) is 0 Å². The van der Waals surface area contributed by atoms with Gasteiger partial charge in [-0.15, -0.1) is 5.10 Å². The monoisotopic (exact) mass is 270 g/mol. The molecule has 0 aliphatic carbocycles. The fourth-order valence-electron chi connectivity index (χ4n) is 1.76. The first kappa shape index (κ1) is 12.5. The van der Waals surface area contributed by atoms with Crippen LogP contribution in [0.25, 0.3) is 11.4 Å². The molecule has 0 aliphatic rings. The first-order valence-electron chi connectivity index (χ1n) is 6.26. The summed E-state index contributed by atoms with van der Waals surface area (Å²) in [5.74, 6) is 1.04. The number of nitrogens with zero attached hydrogens (tertiary/aromatic N) is 5. The first-order chi connectivity index (χ1) is 9.72. The maximum absolute atomic E-state index is 5.73. The number of benzene rings is 1. The van der Waals surface area contributed by atoms with E-state index in [1.54, 1.807) is 10.9 Å². The summed E-state index contributed by atoms with van der Waals surface area (Å²) in [7, 11) is 0. The van der Waals surface area contributed by atoms with Gasteiger partial charge in [-0.3, -0.25) is 0 Å². The Hall–Kier alpha value is -2.54. The molecule has 0 spiro atoms. The highest BCUT2D eigenvalue weighted by Crippen LogP contribution is 2.15. The molecule has 1 unspecified atom stereocenters. The molecule has 0 aliphatic heterocycles. The summed E-state index contributed by atoms with van der Waals surface area (Å²) in [5, 5.41) is 11.9. The van der Waals surface area contributed by atoms with E-state index in [2.05, 4.69) is 20.5 Å². The minimum atomic E-state index is -0.147. The lowest BCUT2D eigenvalue weighted by molar-refractivity contribution is 0.364. The van der Waals surface area contributed by atoms with Gasteiger partial charge < -0.3 is 10.3 Å². The molecule has 7 nitrogen and oxygen atoms in total. The third-order valence-corrected chi connectivity index (χ3v) is 2.82. The zero-order chi connectivity index (χ0) is 13.9. The maximum atomic E-state index is 5.73. The van der Waals surface area contributed by atoms with Crippen LogP contribution in [0.5, 0.6) is 0 Å². The molecule has 3 aromatic rings. The average molecular weight is 270 g/mol. The molecule has 3 rings (SSSR count). The largest absolute Gasteiger partial charge is 0.337 e. The molecular weight excluding hydrogens is 256 g/mol. The van der Waals surface area contributed by atoms with Gasteiger partial charge in [-0.1, -0.05) is 40.7 Å². The van der Waals surface area contributed by atoms with Gasteiger partial charge in [0.05, 0.1) is 11.9 Å². The van der Waals surface area contributed by atoms with Gasteiger partial charge in [-0.2, -0.15) is 4.98 Å². The molecule has 2 aromatic heterocycles. The maximum Gasteiger partial charge on any atom is 0.248 e. The van der Waals surface area contributed by atoms with Crippen molar-refractivity contribution in [2.45, 2.75) is 19.5 Å². The Morgan fingerprint density at radius 2 is 2.10 bits per heavy atom.